The van der Waals surface area contributed by atoms with E-state index in [-0.39, 0.29) is 0 Å². The van der Waals surface area contributed by atoms with Gasteiger partial charge in [-0.25, -0.2) is 0 Å². The molecule has 15 heavy (non-hydrogen) atoms. The fraction of sp³-hybridized carbons (Fsp3) is 0.769. The number of nitrogens with zero attached hydrogens (tertiary/aromatic N) is 2. The second kappa shape index (κ2) is 8.51. The molecule has 0 spiro atoms. The maximum Gasteiger partial charge on any atom is 0.240 e. The number of aliphatic imine (C=N–C) groups is 2. The molecule has 0 atom stereocenters. The molecule has 1 rings (SSSR count). The van der Waals surface area contributed by atoms with Crippen LogP contribution in [0.15, 0.2) is 9.98 Å². The number of rotatable bonds is 9. The first kappa shape index (κ1) is 12.3. The van der Waals surface area contributed by atoms with Crippen molar-refractivity contribution in [2.45, 2.75) is 64.7 Å². The Morgan fingerprint density at radius 2 is 1.33 bits per heavy atom. The fourth-order valence-electron chi connectivity index (χ4n) is 1.82. The van der Waals surface area contributed by atoms with Crippen molar-refractivity contribution in [1.82, 2.24) is 0 Å². The topological polar surface area (TPSA) is 24.7 Å². The molecule has 2 nitrogen and oxygen atoms in total. The third kappa shape index (κ3) is 6.32. The summed E-state index contributed by atoms with van der Waals surface area (Å²) in [5.41, 5.74) is 0. The number of hydrogen-bond donors (Lipinski definition) is 0. The maximum absolute atomic E-state index is 4.16. The molecule has 2 heteroatoms. The Balaban J connectivity index is 1.77. The van der Waals surface area contributed by atoms with Gasteiger partial charge in [-0.3, -0.25) is 0 Å². The van der Waals surface area contributed by atoms with Crippen molar-refractivity contribution in [3.8, 4) is 0 Å². The summed E-state index contributed by atoms with van der Waals surface area (Å²) in [4.78, 5) is 8.33. The summed E-state index contributed by atoms with van der Waals surface area (Å²) in [6.07, 6.45) is 16.6. The van der Waals surface area contributed by atoms with Crippen LogP contribution in [0.4, 0.5) is 0 Å². The average molecular weight is 207 g/mol. The Kier molecular flexibility index (Phi) is 6.97. The Hall–Kier alpha value is -0.790. The minimum Gasteiger partial charge on any atom is -0.0968 e. The van der Waals surface area contributed by atoms with Crippen molar-refractivity contribution in [3.63, 3.8) is 0 Å². The molecule has 0 aromatic rings. The summed E-state index contributed by atoms with van der Waals surface area (Å²) in [5, 5.41) is 0. The van der Waals surface area contributed by atoms with E-state index < -0.39 is 0 Å². The minimum atomic E-state index is 1.01. The van der Waals surface area contributed by atoms with Crippen LogP contribution in [-0.4, -0.2) is 12.4 Å². The molecule has 1 aliphatic rings. The van der Waals surface area contributed by atoms with Crippen LogP contribution in [0.1, 0.15) is 64.7 Å². The smallest absolute Gasteiger partial charge is 0.0968 e. The molecule has 0 unspecified atom stereocenters. The lowest BCUT2D eigenvalue weighted by atomic mass is 10.1. The second-order valence-electron chi connectivity index (χ2n) is 4.20. The van der Waals surface area contributed by atoms with Crippen LogP contribution in [0.3, 0.4) is 0 Å². The molecule has 1 heterocycles. The van der Waals surface area contributed by atoms with E-state index in [9.17, 15) is 0 Å². The number of unbranched alkanes of at least 4 members (excludes halogenated alkanes) is 7. The Morgan fingerprint density at radius 1 is 0.800 bits per heavy atom. The molecule has 0 aromatic heterocycles. The number of hydrogen-bond acceptors (Lipinski definition) is 2. The summed E-state index contributed by atoms with van der Waals surface area (Å²) in [7, 11) is 0. The first-order chi connectivity index (χ1) is 7.43. The molecule has 0 saturated heterocycles. The van der Waals surface area contributed by atoms with Gasteiger partial charge in [0, 0.05) is 0 Å². The highest BCUT2D eigenvalue weighted by Crippen LogP contribution is 2.17. The zero-order valence-electron chi connectivity index (χ0n) is 9.91. The summed E-state index contributed by atoms with van der Waals surface area (Å²) < 4.78 is 0. The van der Waals surface area contributed by atoms with Crippen LogP contribution >= 0.6 is 0 Å². The molecule has 0 radical (unpaired) electrons. The van der Waals surface area contributed by atoms with Gasteiger partial charge >= 0.3 is 0 Å². The SMILES string of the molecule is CCCCCCCCCC[C+]1N=CC=N1. The standard InChI is InChI=1S/C13H23N2/c1-2-3-4-5-6-7-8-9-10-13-14-11-12-15-13/h11-12H,2-10H2,1H3/q+1. The van der Waals surface area contributed by atoms with Gasteiger partial charge in [0.05, 0.1) is 6.42 Å². The molecule has 0 bridgehead atoms. The first-order valence-electron chi connectivity index (χ1n) is 6.36. The van der Waals surface area contributed by atoms with E-state index in [0.29, 0.717) is 0 Å². The Morgan fingerprint density at radius 3 is 1.93 bits per heavy atom. The predicted molar refractivity (Wildman–Crippen MR) is 67.5 cm³/mol. The van der Waals surface area contributed by atoms with Gasteiger partial charge in [0.15, 0.2) is 12.4 Å². The summed E-state index contributed by atoms with van der Waals surface area (Å²) in [6.45, 7) is 2.26. The lowest BCUT2D eigenvalue weighted by Gasteiger charge is -2.00. The molecule has 0 N–H and O–H groups in total. The summed E-state index contributed by atoms with van der Waals surface area (Å²) in [5.74, 6) is 0. The maximum atomic E-state index is 4.16. The van der Waals surface area contributed by atoms with Gasteiger partial charge in [0.1, 0.15) is 0 Å². The lowest BCUT2D eigenvalue weighted by molar-refractivity contribution is 0.566. The zero-order valence-corrected chi connectivity index (χ0v) is 9.91. The van der Waals surface area contributed by atoms with Crippen LogP contribution in [0, 0.1) is 6.17 Å². The van der Waals surface area contributed by atoms with Gasteiger partial charge in [0.25, 0.3) is 0 Å². The molecular weight excluding hydrogens is 184 g/mol. The lowest BCUT2D eigenvalue weighted by Crippen LogP contribution is -1.87. The average Bonchev–Trinajstić information content (AvgIpc) is 2.75. The molecule has 84 valence electrons. The largest absolute Gasteiger partial charge is 0.240 e. The quantitative estimate of drug-likeness (QED) is 0.400. The van der Waals surface area contributed by atoms with Gasteiger partial charge in [-0.15, -0.1) is 0 Å². The normalized spacial score (nSPS) is 14.1. The fourth-order valence-corrected chi connectivity index (χ4v) is 1.82. The van der Waals surface area contributed by atoms with Crippen molar-refractivity contribution >= 4 is 12.4 Å². The monoisotopic (exact) mass is 207 g/mol. The van der Waals surface area contributed by atoms with Crippen molar-refractivity contribution in [2.75, 3.05) is 0 Å². The van der Waals surface area contributed by atoms with E-state index in [1.54, 1.807) is 12.4 Å². The van der Waals surface area contributed by atoms with Gasteiger partial charge < -0.3 is 0 Å². The summed E-state index contributed by atoms with van der Waals surface area (Å²) in [6, 6.07) is 0. The van der Waals surface area contributed by atoms with E-state index in [4.69, 9.17) is 0 Å². The van der Waals surface area contributed by atoms with Crippen molar-refractivity contribution in [3.05, 3.63) is 6.17 Å². The van der Waals surface area contributed by atoms with Gasteiger partial charge in [0.2, 0.25) is 6.17 Å². The van der Waals surface area contributed by atoms with Crippen molar-refractivity contribution < 1.29 is 0 Å². The van der Waals surface area contributed by atoms with E-state index in [1.807, 2.05) is 0 Å². The highest BCUT2D eigenvalue weighted by atomic mass is 15.0. The third-order valence-corrected chi connectivity index (χ3v) is 2.77. The minimum absolute atomic E-state index is 1.01. The molecule has 1 aliphatic heterocycles. The molecule has 0 amide bonds. The first-order valence-corrected chi connectivity index (χ1v) is 6.36. The highest BCUT2D eigenvalue weighted by Gasteiger charge is 2.14. The summed E-state index contributed by atoms with van der Waals surface area (Å²) >= 11 is 0. The van der Waals surface area contributed by atoms with Crippen LogP contribution in [-0.2, 0) is 0 Å². The van der Waals surface area contributed by atoms with Gasteiger partial charge in [-0.2, -0.15) is 0 Å². The van der Waals surface area contributed by atoms with Gasteiger partial charge in [-0.1, -0.05) is 61.9 Å². The van der Waals surface area contributed by atoms with Crippen LogP contribution < -0.4 is 0 Å². The predicted octanol–water partition coefficient (Wildman–Crippen LogP) is 4.16. The van der Waals surface area contributed by atoms with Gasteiger partial charge in [-0.05, 0) is 6.42 Å². The van der Waals surface area contributed by atoms with Crippen molar-refractivity contribution in [1.29, 1.82) is 0 Å². The molecule has 0 saturated carbocycles. The van der Waals surface area contributed by atoms with E-state index >= 15 is 0 Å². The van der Waals surface area contributed by atoms with Crippen molar-refractivity contribution in [2.24, 2.45) is 9.98 Å². The van der Waals surface area contributed by atoms with Crippen LogP contribution in [0.2, 0.25) is 0 Å². The molecule has 0 fully saturated rings. The Bertz CT molecular complexity index is 185. The third-order valence-electron chi connectivity index (χ3n) is 2.77. The Labute approximate surface area is 93.9 Å². The molecular formula is C13H23N2+. The van der Waals surface area contributed by atoms with Crippen LogP contribution in [0.5, 0.6) is 0 Å². The molecule has 0 aliphatic carbocycles. The van der Waals surface area contributed by atoms with E-state index in [2.05, 4.69) is 16.9 Å². The van der Waals surface area contributed by atoms with E-state index in [1.165, 1.54) is 51.4 Å². The highest BCUT2D eigenvalue weighted by molar-refractivity contribution is 6.18. The zero-order chi connectivity index (χ0) is 10.8. The van der Waals surface area contributed by atoms with E-state index in [0.717, 1.165) is 12.6 Å². The molecule has 0 aromatic carbocycles. The van der Waals surface area contributed by atoms with Crippen LogP contribution in [0.25, 0.3) is 0 Å². The second-order valence-corrected chi connectivity index (χ2v) is 4.20.